The summed E-state index contributed by atoms with van der Waals surface area (Å²) in [6, 6.07) is 16.8. The minimum absolute atomic E-state index is 0.101. The normalized spacial score (nSPS) is 16.2. The number of rotatable bonds is 7. The van der Waals surface area contributed by atoms with Gasteiger partial charge in [0.05, 0.1) is 6.54 Å². The van der Waals surface area contributed by atoms with E-state index in [9.17, 15) is 4.79 Å². The average Bonchev–Trinajstić information content (AvgIpc) is 3.21. The number of hydrogen-bond donors (Lipinski definition) is 4. The van der Waals surface area contributed by atoms with Gasteiger partial charge in [-0.1, -0.05) is 29.8 Å². The molecule has 3 rings (SSSR count). The van der Waals surface area contributed by atoms with E-state index < -0.39 is 0 Å². The van der Waals surface area contributed by atoms with E-state index in [1.807, 2.05) is 38.1 Å². The molecule has 1 saturated heterocycles. The molecule has 4 N–H and O–H groups in total. The topological polar surface area (TPSA) is 80.8 Å². The number of guanidine groups is 1. The summed E-state index contributed by atoms with van der Waals surface area (Å²) < 4.78 is 0. The van der Waals surface area contributed by atoms with Crippen molar-refractivity contribution in [2.45, 2.75) is 52.7 Å². The van der Waals surface area contributed by atoms with Crippen LogP contribution in [-0.2, 0) is 6.54 Å². The molecule has 0 radical (unpaired) electrons. The molecule has 2 aromatic carbocycles. The van der Waals surface area contributed by atoms with Crippen LogP contribution in [0.5, 0.6) is 0 Å². The first kappa shape index (κ1) is 23.4. The molecular weight excluding hydrogens is 400 g/mol. The molecule has 1 heterocycles. The van der Waals surface area contributed by atoms with Crippen LogP contribution in [-0.4, -0.2) is 43.7 Å². The van der Waals surface area contributed by atoms with Crippen LogP contribution in [0.3, 0.4) is 0 Å². The molecule has 1 aliphatic heterocycles. The van der Waals surface area contributed by atoms with Crippen molar-refractivity contribution in [1.82, 2.24) is 16.0 Å². The molecule has 7 nitrogen and oxygen atoms in total. The monoisotopic (exact) mass is 436 g/mol. The number of hydrogen-bond acceptors (Lipinski definition) is 3. The van der Waals surface area contributed by atoms with E-state index in [2.05, 4.69) is 64.3 Å². The van der Waals surface area contributed by atoms with Crippen LogP contribution < -0.4 is 26.2 Å². The van der Waals surface area contributed by atoms with E-state index in [1.54, 1.807) is 0 Å². The van der Waals surface area contributed by atoms with Crippen molar-refractivity contribution in [3.63, 3.8) is 0 Å². The molecule has 32 heavy (non-hydrogen) atoms. The Labute approximate surface area is 191 Å². The summed E-state index contributed by atoms with van der Waals surface area (Å²) in [5.41, 5.74) is 4.41. The highest BCUT2D eigenvalue weighted by molar-refractivity contribution is 5.89. The zero-order chi connectivity index (χ0) is 22.9. The van der Waals surface area contributed by atoms with E-state index in [0.717, 1.165) is 43.3 Å². The standard InChI is InChI=1S/C25H36N6O/c1-5-26-24(29-22-14-15-31(17-22)23-12-6-19(4)7-13-23)27-16-20-8-10-21(11-9-20)30-25(32)28-18(2)3/h6-13,18,22H,5,14-17H2,1-4H3,(H2,26,27,29)(H2,28,30,32). The number of amides is 2. The third kappa shape index (κ3) is 7.18. The van der Waals surface area contributed by atoms with Gasteiger partial charge in [-0.05, 0) is 63.9 Å². The van der Waals surface area contributed by atoms with E-state index in [4.69, 9.17) is 4.99 Å². The fraction of sp³-hybridized carbons (Fsp3) is 0.440. The summed E-state index contributed by atoms with van der Waals surface area (Å²) in [6.07, 6.45) is 1.08. The van der Waals surface area contributed by atoms with Crippen LogP contribution in [0.4, 0.5) is 16.2 Å². The van der Waals surface area contributed by atoms with Gasteiger partial charge in [0.2, 0.25) is 0 Å². The van der Waals surface area contributed by atoms with Crippen LogP contribution in [0.25, 0.3) is 0 Å². The van der Waals surface area contributed by atoms with Gasteiger partial charge in [-0.3, -0.25) is 0 Å². The highest BCUT2D eigenvalue weighted by Gasteiger charge is 2.23. The second-order valence-electron chi connectivity index (χ2n) is 8.56. The number of carbonyl (C=O) groups is 1. The molecular formula is C25H36N6O. The number of aliphatic imine (C=N–C) groups is 1. The zero-order valence-corrected chi connectivity index (χ0v) is 19.6. The van der Waals surface area contributed by atoms with Gasteiger partial charge in [-0.2, -0.15) is 0 Å². The van der Waals surface area contributed by atoms with Crippen LogP contribution in [0, 0.1) is 6.92 Å². The van der Waals surface area contributed by atoms with Crippen LogP contribution >= 0.6 is 0 Å². The first-order valence-corrected chi connectivity index (χ1v) is 11.5. The highest BCUT2D eigenvalue weighted by atomic mass is 16.2. The zero-order valence-electron chi connectivity index (χ0n) is 19.6. The Morgan fingerprint density at radius 2 is 1.84 bits per heavy atom. The Morgan fingerprint density at radius 1 is 1.12 bits per heavy atom. The molecule has 0 saturated carbocycles. The van der Waals surface area contributed by atoms with Crippen molar-refractivity contribution in [3.8, 4) is 0 Å². The summed E-state index contributed by atoms with van der Waals surface area (Å²) in [6.45, 7) is 11.4. The molecule has 1 aliphatic rings. The number of carbonyl (C=O) groups excluding carboxylic acids is 1. The van der Waals surface area contributed by atoms with Crippen molar-refractivity contribution in [2.75, 3.05) is 29.9 Å². The molecule has 1 atom stereocenters. The third-order valence-electron chi connectivity index (χ3n) is 5.32. The second kappa shape index (κ2) is 11.4. The summed E-state index contributed by atoms with van der Waals surface area (Å²) >= 11 is 0. The lowest BCUT2D eigenvalue weighted by molar-refractivity contribution is 0.250. The van der Waals surface area contributed by atoms with Crippen molar-refractivity contribution >= 4 is 23.4 Å². The summed E-state index contributed by atoms with van der Waals surface area (Å²) in [5, 5.41) is 12.6. The average molecular weight is 437 g/mol. The molecule has 0 aromatic heterocycles. The SMILES string of the molecule is CCNC(=NCc1ccc(NC(=O)NC(C)C)cc1)NC1CCN(c2ccc(C)cc2)C1. The van der Waals surface area contributed by atoms with Crippen molar-refractivity contribution < 1.29 is 4.79 Å². The predicted molar refractivity (Wildman–Crippen MR) is 133 cm³/mol. The second-order valence-corrected chi connectivity index (χ2v) is 8.56. The van der Waals surface area contributed by atoms with E-state index >= 15 is 0 Å². The van der Waals surface area contributed by atoms with Crippen molar-refractivity contribution in [3.05, 3.63) is 59.7 Å². The largest absolute Gasteiger partial charge is 0.369 e. The molecule has 172 valence electrons. The molecule has 0 spiro atoms. The Hall–Kier alpha value is -3.22. The van der Waals surface area contributed by atoms with Crippen molar-refractivity contribution in [2.24, 2.45) is 4.99 Å². The fourth-order valence-electron chi connectivity index (χ4n) is 3.67. The number of nitrogens with one attached hydrogen (secondary N) is 4. The summed E-state index contributed by atoms with van der Waals surface area (Å²) in [5.74, 6) is 0.835. The Kier molecular flexibility index (Phi) is 8.36. The van der Waals surface area contributed by atoms with Crippen LogP contribution in [0.1, 0.15) is 38.3 Å². The van der Waals surface area contributed by atoms with E-state index in [1.165, 1.54) is 11.3 Å². The first-order valence-electron chi connectivity index (χ1n) is 11.5. The fourth-order valence-corrected chi connectivity index (χ4v) is 3.67. The molecule has 2 aromatic rings. The minimum atomic E-state index is -0.194. The minimum Gasteiger partial charge on any atom is -0.369 e. The summed E-state index contributed by atoms with van der Waals surface area (Å²) in [4.78, 5) is 19.0. The van der Waals surface area contributed by atoms with E-state index in [0.29, 0.717) is 12.6 Å². The predicted octanol–water partition coefficient (Wildman–Crippen LogP) is 3.86. The van der Waals surface area contributed by atoms with Gasteiger partial charge in [0, 0.05) is 43.1 Å². The highest BCUT2D eigenvalue weighted by Crippen LogP contribution is 2.20. The van der Waals surface area contributed by atoms with Gasteiger partial charge in [0.15, 0.2) is 5.96 Å². The molecule has 1 unspecified atom stereocenters. The van der Waals surface area contributed by atoms with Crippen LogP contribution in [0.15, 0.2) is 53.5 Å². The lowest BCUT2D eigenvalue weighted by Crippen LogP contribution is -2.44. The van der Waals surface area contributed by atoms with Gasteiger partial charge in [0.25, 0.3) is 0 Å². The van der Waals surface area contributed by atoms with E-state index in [-0.39, 0.29) is 12.1 Å². The Balaban J connectivity index is 1.53. The van der Waals surface area contributed by atoms with Gasteiger partial charge in [0.1, 0.15) is 0 Å². The molecule has 7 heteroatoms. The Bertz CT molecular complexity index is 892. The number of nitrogens with zero attached hydrogens (tertiary/aromatic N) is 2. The maximum absolute atomic E-state index is 11.8. The quantitative estimate of drug-likeness (QED) is 0.393. The molecule has 0 bridgehead atoms. The number of urea groups is 1. The lowest BCUT2D eigenvalue weighted by Gasteiger charge is -2.20. The maximum atomic E-state index is 11.8. The Morgan fingerprint density at radius 3 is 2.50 bits per heavy atom. The van der Waals surface area contributed by atoms with Gasteiger partial charge < -0.3 is 26.2 Å². The number of aryl methyl sites for hydroxylation is 1. The number of anilines is 2. The summed E-state index contributed by atoms with van der Waals surface area (Å²) in [7, 11) is 0. The maximum Gasteiger partial charge on any atom is 0.319 e. The molecule has 1 fully saturated rings. The lowest BCUT2D eigenvalue weighted by atomic mass is 10.2. The third-order valence-corrected chi connectivity index (χ3v) is 5.32. The van der Waals surface area contributed by atoms with Crippen LogP contribution in [0.2, 0.25) is 0 Å². The molecule has 0 aliphatic carbocycles. The molecule has 2 amide bonds. The van der Waals surface area contributed by atoms with Crippen molar-refractivity contribution in [1.29, 1.82) is 0 Å². The first-order chi connectivity index (χ1) is 15.4. The van der Waals surface area contributed by atoms with Gasteiger partial charge in [-0.15, -0.1) is 0 Å². The number of benzene rings is 2. The smallest absolute Gasteiger partial charge is 0.319 e. The van der Waals surface area contributed by atoms with Gasteiger partial charge >= 0.3 is 6.03 Å². The van der Waals surface area contributed by atoms with Gasteiger partial charge in [-0.25, -0.2) is 9.79 Å².